The quantitative estimate of drug-likeness (QED) is 0.795. The molecule has 7 heteroatoms. The molecule has 1 aromatic rings. The molecule has 24 heavy (non-hydrogen) atoms. The summed E-state index contributed by atoms with van der Waals surface area (Å²) in [5.41, 5.74) is 0.848. The van der Waals surface area contributed by atoms with Crippen molar-refractivity contribution in [2.75, 3.05) is 31.6 Å². The van der Waals surface area contributed by atoms with Crippen molar-refractivity contribution in [2.45, 2.75) is 32.7 Å². The molecule has 0 atom stereocenters. The number of nitrogens with one attached hydrogen (secondary N) is 2. The van der Waals surface area contributed by atoms with Crippen molar-refractivity contribution in [3.05, 3.63) is 24.3 Å². The average molecular weight is 351 g/mol. The van der Waals surface area contributed by atoms with E-state index < -0.39 is 0 Å². The van der Waals surface area contributed by atoms with Crippen LogP contribution in [-0.4, -0.2) is 48.5 Å². The van der Waals surface area contributed by atoms with E-state index in [2.05, 4.69) is 10.6 Å². The van der Waals surface area contributed by atoms with Gasteiger partial charge in [-0.3, -0.25) is 0 Å². The molecule has 0 unspecified atom stereocenters. The molecule has 1 aliphatic heterocycles. The smallest absolute Gasteiger partial charge is 0.409 e. The predicted molar refractivity (Wildman–Crippen MR) is 98.6 cm³/mol. The monoisotopic (exact) mass is 351 g/mol. The molecule has 6 nitrogen and oxygen atoms in total. The summed E-state index contributed by atoms with van der Waals surface area (Å²) in [5.74, 6) is 0.779. The van der Waals surface area contributed by atoms with E-state index in [0.717, 1.165) is 24.3 Å². The highest BCUT2D eigenvalue weighted by Gasteiger charge is 2.23. The number of nitrogens with zero attached hydrogens (tertiary/aromatic N) is 1. The second-order valence-corrected chi connectivity index (χ2v) is 5.90. The molecule has 132 valence electrons. The minimum Gasteiger partial charge on any atom is -0.492 e. The summed E-state index contributed by atoms with van der Waals surface area (Å²) in [5, 5.41) is 7.07. The van der Waals surface area contributed by atoms with Crippen LogP contribution in [0.5, 0.6) is 5.75 Å². The Morgan fingerprint density at radius 3 is 2.62 bits per heavy atom. The first-order chi connectivity index (χ1) is 11.6. The molecule has 1 aliphatic rings. The Bertz CT molecular complexity index is 560. The number of rotatable bonds is 5. The summed E-state index contributed by atoms with van der Waals surface area (Å²) in [6.45, 7) is 6.12. The Labute approximate surface area is 148 Å². The van der Waals surface area contributed by atoms with E-state index in [0.29, 0.717) is 31.4 Å². The zero-order valence-electron chi connectivity index (χ0n) is 14.2. The fraction of sp³-hybridized carbons (Fsp3) is 0.529. The van der Waals surface area contributed by atoms with E-state index in [9.17, 15) is 4.79 Å². The van der Waals surface area contributed by atoms with Gasteiger partial charge in [-0.2, -0.15) is 0 Å². The highest BCUT2D eigenvalue weighted by molar-refractivity contribution is 7.80. The minimum atomic E-state index is -0.234. The molecule has 1 aromatic carbocycles. The molecular formula is C17H25N3O3S. The lowest BCUT2D eigenvalue weighted by Gasteiger charge is -2.32. The third kappa shape index (κ3) is 5.26. The van der Waals surface area contributed by atoms with Crippen molar-refractivity contribution < 1.29 is 14.3 Å². The number of hydrogen-bond acceptors (Lipinski definition) is 4. The molecule has 0 saturated carbocycles. The molecule has 1 fully saturated rings. The zero-order valence-corrected chi connectivity index (χ0v) is 15.0. The van der Waals surface area contributed by atoms with Crippen LogP contribution in [-0.2, 0) is 4.74 Å². The van der Waals surface area contributed by atoms with Gasteiger partial charge in [-0.1, -0.05) is 12.1 Å². The van der Waals surface area contributed by atoms with Crippen molar-refractivity contribution in [2.24, 2.45) is 0 Å². The van der Waals surface area contributed by atoms with Crippen molar-refractivity contribution in [3.8, 4) is 5.75 Å². The SMILES string of the molecule is CCOC(=O)N1CCC(NC(=S)Nc2ccccc2OCC)CC1. The third-order valence-corrected chi connectivity index (χ3v) is 4.01. The van der Waals surface area contributed by atoms with Crippen molar-refractivity contribution in [3.63, 3.8) is 0 Å². The highest BCUT2D eigenvalue weighted by atomic mass is 32.1. The molecule has 0 aromatic heterocycles. The van der Waals surface area contributed by atoms with Gasteiger partial charge in [0.1, 0.15) is 5.75 Å². The number of carbonyl (C=O) groups excluding carboxylic acids is 1. The van der Waals surface area contributed by atoms with Crippen LogP contribution in [0.2, 0.25) is 0 Å². The first-order valence-electron chi connectivity index (χ1n) is 8.35. The van der Waals surface area contributed by atoms with Crippen LogP contribution >= 0.6 is 12.2 Å². The van der Waals surface area contributed by atoms with Crippen LogP contribution in [0, 0.1) is 0 Å². The fourth-order valence-electron chi connectivity index (χ4n) is 2.62. The maximum atomic E-state index is 11.7. The van der Waals surface area contributed by atoms with Crippen LogP contribution in [0.3, 0.4) is 0 Å². The van der Waals surface area contributed by atoms with Gasteiger partial charge in [0, 0.05) is 19.1 Å². The highest BCUT2D eigenvalue weighted by Crippen LogP contribution is 2.23. The van der Waals surface area contributed by atoms with Crippen LogP contribution in [0.4, 0.5) is 10.5 Å². The Morgan fingerprint density at radius 2 is 1.96 bits per heavy atom. The van der Waals surface area contributed by atoms with Crippen LogP contribution in [0.15, 0.2) is 24.3 Å². The molecule has 0 spiro atoms. The number of para-hydroxylation sites is 2. The van der Waals surface area contributed by atoms with E-state index in [1.54, 1.807) is 4.90 Å². The molecular weight excluding hydrogens is 326 g/mol. The Hall–Kier alpha value is -2.02. The number of amides is 1. The fourth-order valence-corrected chi connectivity index (χ4v) is 2.89. The van der Waals surface area contributed by atoms with Crippen LogP contribution < -0.4 is 15.4 Å². The molecule has 1 heterocycles. The van der Waals surface area contributed by atoms with Gasteiger partial charge < -0.3 is 25.0 Å². The van der Waals surface area contributed by atoms with Gasteiger partial charge in [-0.25, -0.2) is 4.79 Å². The number of thiocarbonyl (C=S) groups is 1. The number of likely N-dealkylation sites (tertiary alicyclic amines) is 1. The lowest BCUT2D eigenvalue weighted by molar-refractivity contribution is 0.0964. The number of carbonyl (C=O) groups is 1. The van der Waals surface area contributed by atoms with Gasteiger partial charge in [-0.05, 0) is 51.0 Å². The lowest BCUT2D eigenvalue weighted by atomic mass is 10.1. The summed E-state index contributed by atoms with van der Waals surface area (Å²) < 4.78 is 10.6. The molecule has 0 radical (unpaired) electrons. The standard InChI is InChI=1S/C17H25N3O3S/c1-3-22-15-8-6-5-7-14(15)19-16(24)18-13-9-11-20(12-10-13)17(21)23-4-2/h5-8,13H,3-4,9-12H2,1-2H3,(H2,18,19,24). The van der Waals surface area contributed by atoms with Gasteiger partial charge >= 0.3 is 6.09 Å². The van der Waals surface area contributed by atoms with E-state index in [1.807, 2.05) is 38.1 Å². The summed E-state index contributed by atoms with van der Waals surface area (Å²) in [6.07, 6.45) is 1.45. The van der Waals surface area contributed by atoms with E-state index in [4.69, 9.17) is 21.7 Å². The molecule has 2 rings (SSSR count). The topological polar surface area (TPSA) is 62.8 Å². The molecule has 2 N–H and O–H groups in total. The summed E-state index contributed by atoms with van der Waals surface area (Å²) in [7, 11) is 0. The van der Waals surface area contributed by atoms with Gasteiger partial charge in [-0.15, -0.1) is 0 Å². The van der Waals surface area contributed by atoms with E-state index in [1.165, 1.54) is 0 Å². The Kier molecular flexibility index (Phi) is 7.11. The molecule has 0 bridgehead atoms. The van der Waals surface area contributed by atoms with Crippen LogP contribution in [0.1, 0.15) is 26.7 Å². The predicted octanol–water partition coefficient (Wildman–Crippen LogP) is 2.99. The maximum Gasteiger partial charge on any atom is 0.409 e. The summed E-state index contributed by atoms with van der Waals surface area (Å²) >= 11 is 5.40. The second-order valence-electron chi connectivity index (χ2n) is 5.49. The number of piperidine rings is 1. The number of hydrogen-bond donors (Lipinski definition) is 2. The Morgan fingerprint density at radius 1 is 1.25 bits per heavy atom. The van der Waals surface area contributed by atoms with Gasteiger partial charge in [0.25, 0.3) is 0 Å². The third-order valence-electron chi connectivity index (χ3n) is 3.79. The molecule has 0 aliphatic carbocycles. The average Bonchev–Trinajstić information content (AvgIpc) is 2.58. The number of anilines is 1. The van der Waals surface area contributed by atoms with Gasteiger partial charge in [0.2, 0.25) is 0 Å². The van der Waals surface area contributed by atoms with Crippen molar-refractivity contribution in [1.82, 2.24) is 10.2 Å². The largest absolute Gasteiger partial charge is 0.492 e. The maximum absolute atomic E-state index is 11.7. The van der Waals surface area contributed by atoms with Crippen molar-refractivity contribution >= 4 is 29.1 Å². The van der Waals surface area contributed by atoms with Crippen LogP contribution in [0.25, 0.3) is 0 Å². The normalized spacial score (nSPS) is 14.8. The first kappa shape index (κ1) is 18.3. The molecule has 1 saturated heterocycles. The minimum absolute atomic E-state index is 0.234. The van der Waals surface area contributed by atoms with Gasteiger partial charge in [0.15, 0.2) is 5.11 Å². The summed E-state index contributed by atoms with van der Waals surface area (Å²) in [6, 6.07) is 7.95. The van der Waals surface area contributed by atoms with E-state index in [-0.39, 0.29) is 12.1 Å². The summed E-state index contributed by atoms with van der Waals surface area (Å²) in [4.78, 5) is 13.4. The second kappa shape index (κ2) is 9.32. The number of ether oxygens (including phenoxy) is 2. The Balaban J connectivity index is 1.81. The zero-order chi connectivity index (χ0) is 17.4. The molecule has 1 amide bonds. The first-order valence-corrected chi connectivity index (χ1v) is 8.75. The lowest BCUT2D eigenvalue weighted by Crippen LogP contribution is -2.47. The van der Waals surface area contributed by atoms with Crippen molar-refractivity contribution in [1.29, 1.82) is 0 Å². The van der Waals surface area contributed by atoms with Gasteiger partial charge in [0.05, 0.1) is 18.9 Å². The van der Waals surface area contributed by atoms with E-state index >= 15 is 0 Å². The number of benzene rings is 1.